The van der Waals surface area contributed by atoms with E-state index < -0.39 is 0 Å². The standard InChI is InChI=1S/C14H19ClN2OS/c1-18-7-6-14(4-5-14)9-17-12-8-10(15)2-3-11(12)13(16)19/h2-3,8,17H,4-7,9H2,1H3,(H2,16,19). The number of nitrogens with one attached hydrogen (secondary N) is 1. The number of benzene rings is 1. The van der Waals surface area contributed by atoms with Gasteiger partial charge >= 0.3 is 0 Å². The number of hydrogen-bond donors (Lipinski definition) is 2. The Morgan fingerprint density at radius 1 is 1.53 bits per heavy atom. The van der Waals surface area contributed by atoms with Gasteiger partial charge in [0.15, 0.2) is 0 Å². The molecule has 0 saturated heterocycles. The third kappa shape index (κ3) is 3.81. The Morgan fingerprint density at radius 3 is 2.84 bits per heavy atom. The molecule has 0 aromatic heterocycles. The molecule has 0 spiro atoms. The van der Waals surface area contributed by atoms with Gasteiger partial charge in [0.05, 0.1) is 0 Å². The SMILES string of the molecule is COCCC1(CNc2cc(Cl)ccc2C(N)=S)CC1. The van der Waals surface area contributed by atoms with Crippen molar-refractivity contribution in [3.05, 3.63) is 28.8 Å². The molecular formula is C14H19ClN2OS. The van der Waals surface area contributed by atoms with Crippen LogP contribution in [0.1, 0.15) is 24.8 Å². The maximum absolute atomic E-state index is 6.03. The van der Waals surface area contributed by atoms with Crippen molar-refractivity contribution >= 4 is 34.5 Å². The lowest BCUT2D eigenvalue weighted by Gasteiger charge is -2.18. The summed E-state index contributed by atoms with van der Waals surface area (Å²) in [4.78, 5) is 0.390. The van der Waals surface area contributed by atoms with Gasteiger partial charge in [0, 0.05) is 36.5 Å². The van der Waals surface area contributed by atoms with Gasteiger partial charge in [0.25, 0.3) is 0 Å². The molecule has 0 aliphatic heterocycles. The third-order valence-corrected chi connectivity index (χ3v) is 4.15. The minimum absolute atomic E-state index is 0.367. The molecule has 1 aliphatic rings. The van der Waals surface area contributed by atoms with Crippen LogP contribution in [0.4, 0.5) is 5.69 Å². The van der Waals surface area contributed by atoms with Crippen molar-refractivity contribution in [1.82, 2.24) is 0 Å². The van der Waals surface area contributed by atoms with Crippen LogP contribution in [0.25, 0.3) is 0 Å². The molecule has 1 aromatic carbocycles. The molecule has 1 aliphatic carbocycles. The molecule has 1 fully saturated rings. The lowest BCUT2D eigenvalue weighted by atomic mass is 10.0. The van der Waals surface area contributed by atoms with Crippen molar-refractivity contribution in [2.24, 2.45) is 11.1 Å². The van der Waals surface area contributed by atoms with Gasteiger partial charge < -0.3 is 15.8 Å². The van der Waals surface area contributed by atoms with E-state index in [1.54, 1.807) is 13.2 Å². The van der Waals surface area contributed by atoms with E-state index in [0.29, 0.717) is 15.4 Å². The van der Waals surface area contributed by atoms with Gasteiger partial charge in [-0.15, -0.1) is 0 Å². The Bertz CT molecular complexity index is 475. The average molecular weight is 299 g/mol. The molecule has 3 nitrogen and oxygen atoms in total. The summed E-state index contributed by atoms with van der Waals surface area (Å²) in [5.74, 6) is 0. The summed E-state index contributed by atoms with van der Waals surface area (Å²) in [6, 6.07) is 5.54. The van der Waals surface area contributed by atoms with Crippen molar-refractivity contribution < 1.29 is 4.74 Å². The lowest BCUT2D eigenvalue weighted by Crippen LogP contribution is -2.20. The quantitative estimate of drug-likeness (QED) is 0.759. The molecule has 0 radical (unpaired) electrons. The summed E-state index contributed by atoms with van der Waals surface area (Å²) in [5.41, 5.74) is 7.86. The third-order valence-electron chi connectivity index (χ3n) is 3.69. The molecular weight excluding hydrogens is 280 g/mol. The highest BCUT2D eigenvalue weighted by atomic mass is 35.5. The molecule has 5 heteroatoms. The van der Waals surface area contributed by atoms with Gasteiger partial charge in [-0.25, -0.2) is 0 Å². The van der Waals surface area contributed by atoms with Crippen molar-refractivity contribution in [3.63, 3.8) is 0 Å². The monoisotopic (exact) mass is 298 g/mol. The van der Waals surface area contributed by atoms with E-state index in [9.17, 15) is 0 Å². The Hall–Kier alpha value is -0.840. The smallest absolute Gasteiger partial charge is 0.106 e. The molecule has 0 atom stereocenters. The Kier molecular flexibility index (Phi) is 4.66. The summed E-state index contributed by atoms with van der Waals surface area (Å²) in [5, 5.41) is 4.12. The maximum Gasteiger partial charge on any atom is 0.106 e. The van der Waals surface area contributed by atoms with E-state index in [2.05, 4.69) is 5.32 Å². The normalized spacial score (nSPS) is 16.1. The molecule has 19 heavy (non-hydrogen) atoms. The number of methoxy groups -OCH3 is 1. The van der Waals surface area contributed by atoms with Crippen LogP contribution in [0.3, 0.4) is 0 Å². The van der Waals surface area contributed by atoms with Crippen molar-refractivity contribution in [2.75, 3.05) is 25.6 Å². The number of rotatable bonds is 7. The summed E-state index contributed by atoms with van der Waals surface area (Å²) >= 11 is 11.1. The molecule has 3 N–H and O–H groups in total. The highest BCUT2D eigenvalue weighted by molar-refractivity contribution is 7.80. The summed E-state index contributed by atoms with van der Waals surface area (Å²) in [7, 11) is 1.74. The van der Waals surface area contributed by atoms with E-state index in [4.69, 9.17) is 34.3 Å². The maximum atomic E-state index is 6.03. The lowest BCUT2D eigenvalue weighted by molar-refractivity contribution is 0.175. The molecule has 0 amide bonds. The zero-order valence-electron chi connectivity index (χ0n) is 11.0. The second-order valence-electron chi connectivity index (χ2n) is 5.15. The first-order valence-corrected chi connectivity index (χ1v) is 7.17. The molecule has 104 valence electrons. The zero-order valence-corrected chi connectivity index (χ0v) is 12.6. The largest absolute Gasteiger partial charge is 0.389 e. The Labute approximate surface area is 124 Å². The fraction of sp³-hybridized carbons (Fsp3) is 0.500. The second kappa shape index (κ2) is 6.07. The fourth-order valence-electron chi connectivity index (χ4n) is 2.17. The minimum atomic E-state index is 0.367. The van der Waals surface area contributed by atoms with E-state index in [1.165, 1.54) is 12.8 Å². The van der Waals surface area contributed by atoms with Crippen LogP contribution in [0.2, 0.25) is 5.02 Å². The number of ether oxygens (including phenoxy) is 1. The number of nitrogens with two attached hydrogens (primary N) is 1. The Morgan fingerprint density at radius 2 is 2.26 bits per heavy atom. The van der Waals surface area contributed by atoms with Crippen LogP contribution in [-0.4, -0.2) is 25.2 Å². The first-order valence-electron chi connectivity index (χ1n) is 6.38. The van der Waals surface area contributed by atoms with Gasteiger partial charge in [-0.05, 0) is 42.9 Å². The average Bonchev–Trinajstić information content (AvgIpc) is 3.14. The van der Waals surface area contributed by atoms with E-state index in [1.807, 2.05) is 12.1 Å². The molecule has 1 aromatic rings. The van der Waals surface area contributed by atoms with Gasteiger partial charge in [0.1, 0.15) is 4.99 Å². The highest BCUT2D eigenvalue weighted by Gasteiger charge is 2.41. The fourth-order valence-corrected chi connectivity index (χ4v) is 2.52. The van der Waals surface area contributed by atoms with Crippen LogP contribution >= 0.6 is 23.8 Å². The molecule has 0 heterocycles. The van der Waals surface area contributed by atoms with Crippen molar-refractivity contribution in [3.8, 4) is 0 Å². The number of thiocarbonyl (C=S) groups is 1. The molecule has 0 unspecified atom stereocenters. The topological polar surface area (TPSA) is 47.3 Å². The number of anilines is 1. The first-order chi connectivity index (χ1) is 9.06. The molecule has 1 saturated carbocycles. The zero-order chi connectivity index (χ0) is 13.9. The summed E-state index contributed by atoms with van der Waals surface area (Å²) < 4.78 is 5.16. The van der Waals surface area contributed by atoms with Gasteiger partial charge in [-0.2, -0.15) is 0 Å². The minimum Gasteiger partial charge on any atom is -0.389 e. The summed E-state index contributed by atoms with van der Waals surface area (Å²) in [6.07, 6.45) is 3.57. The molecule has 2 rings (SSSR count). The van der Waals surface area contributed by atoms with E-state index >= 15 is 0 Å². The van der Waals surface area contributed by atoms with Gasteiger partial charge in [-0.3, -0.25) is 0 Å². The van der Waals surface area contributed by atoms with Crippen LogP contribution in [0, 0.1) is 5.41 Å². The van der Waals surface area contributed by atoms with E-state index in [-0.39, 0.29) is 0 Å². The Balaban J connectivity index is 2.03. The van der Waals surface area contributed by atoms with Crippen LogP contribution in [0.15, 0.2) is 18.2 Å². The van der Waals surface area contributed by atoms with Crippen LogP contribution < -0.4 is 11.1 Å². The van der Waals surface area contributed by atoms with Crippen LogP contribution in [0.5, 0.6) is 0 Å². The first kappa shape index (κ1) is 14.6. The summed E-state index contributed by atoms with van der Waals surface area (Å²) in [6.45, 7) is 1.71. The molecule has 0 bridgehead atoms. The van der Waals surface area contributed by atoms with Crippen molar-refractivity contribution in [2.45, 2.75) is 19.3 Å². The van der Waals surface area contributed by atoms with Gasteiger partial charge in [0.2, 0.25) is 0 Å². The highest BCUT2D eigenvalue weighted by Crippen LogP contribution is 2.48. The predicted octanol–water partition coefficient (Wildman–Crippen LogP) is 3.20. The van der Waals surface area contributed by atoms with Crippen molar-refractivity contribution in [1.29, 1.82) is 0 Å². The second-order valence-corrected chi connectivity index (χ2v) is 6.03. The number of hydrogen-bond acceptors (Lipinski definition) is 3. The number of halogens is 1. The predicted molar refractivity (Wildman–Crippen MR) is 84.0 cm³/mol. The van der Waals surface area contributed by atoms with Crippen LogP contribution in [-0.2, 0) is 4.74 Å². The van der Waals surface area contributed by atoms with Gasteiger partial charge in [-0.1, -0.05) is 23.8 Å². The van der Waals surface area contributed by atoms with E-state index in [0.717, 1.165) is 30.8 Å².